The summed E-state index contributed by atoms with van der Waals surface area (Å²) >= 11 is 5.93. The molecule has 1 aromatic carbocycles. The Labute approximate surface area is 118 Å². The van der Waals surface area contributed by atoms with E-state index in [0.29, 0.717) is 34.9 Å². The third-order valence-electron chi connectivity index (χ3n) is 3.29. The van der Waals surface area contributed by atoms with E-state index in [1.54, 1.807) is 12.1 Å². The molecule has 0 saturated carbocycles. The topological polar surface area (TPSA) is 58.9 Å². The fourth-order valence-corrected chi connectivity index (χ4v) is 1.95. The SMILES string of the molecule is CCC(O)(CC)COc1c(CO)cc(Cl)cc1OC. The van der Waals surface area contributed by atoms with Gasteiger partial charge in [0, 0.05) is 16.7 Å². The van der Waals surface area contributed by atoms with E-state index < -0.39 is 5.60 Å². The molecule has 0 saturated heterocycles. The molecule has 1 aromatic rings. The summed E-state index contributed by atoms with van der Waals surface area (Å²) in [6.45, 7) is 3.74. The first-order valence-corrected chi connectivity index (χ1v) is 6.70. The number of ether oxygens (including phenoxy) is 2. The van der Waals surface area contributed by atoms with E-state index in [4.69, 9.17) is 21.1 Å². The lowest BCUT2D eigenvalue weighted by atomic mass is 9.99. The molecule has 0 atom stereocenters. The first kappa shape index (κ1) is 16.1. The predicted octanol–water partition coefficient (Wildman–Crippen LogP) is 2.77. The standard InChI is InChI=1S/C14H21ClO4/c1-4-14(17,5-2)9-19-13-10(8-16)6-11(15)7-12(13)18-3/h6-7,16-17H,4-5,8-9H2,1-3H3. The van der Waals surface area contributed by atoms with Gasteiger partial charge in [-0.15, -0.1) is 0 Å². The van der Waals surface area contributed by atoms with Crippen LogP contribution in [0.2, 0.25) is 5.02 Å². The highest BCUT2D eigenvalue weighted by Crippen LogP contribution is 2.35. The maximum atomic E-state index is 10.2. The van der Waals surface area contributed by atoms with Gasteiger partial charge >= 0.3 is 0 Å². The third-order valence-corrected chi connectivity index (χ3v) is 3.51. The van der Waals surface area contributed by atoms with Gasteiger partial charge in [0.1, 0.15) is 6.61 Å². The van der Waals surface area contributed by atoms with Gasteiger partial charge in [0.05, 0.1) is 19.3 Å². The Morgan fingerprint density at radius 1 is 1.26 bits per heavy atom. The number of halogens is 1. The zero-order valence-electron chi connectivity index (χ0n) is 11.6. The van der Waals surface area contributed by atoms with E-state index in [0.717, 1.165) is 0 Å². The van der Waals surface area contributed by atoms with Crippen LogP contribution in [0.5, 0.6) is 11.5 Å². The van der Waals surface area contributed by atoms with Crippen molar-refractivity contribution in [1.29, 1.82) is 0 Å². The van der Waals surface area contributed by atoms with Gasteiger partial charge in [0.2, 0.25) is 0 Å². The van der Waals surface area contributed by atoms with Crippen LogP contribution >= 0.6 is 11.6 Å². The van der Waals surface area contributed by atoms with Gasteiger partial charge in [0.25, 0.3) is 0 Å². The molecule has 5 heteroatoms. The van der Waals surface area contributed by atoms with Crippen LogP contribution in [0.25, 0.3) is 0 Å². The smallest absolute Gasteiger partial charge is 0.166 e. The Kier molecular flexibility index (Phi) is 5.91. The monoisotopic (exact) mass is 288 g/mol. The van der Waals surface area contributed by atoms with Crippen LogP contribution in [0.4, 0.5) is 0 Å². The lowest BCUT2D eigenvalue weighted by Gasteiger charge is -2.26. The first-order chi connectivity index (χ1) is 8.99. The van der Waals surface area contributed by atoms with E-state index in [9.17, 15) is 10.2 Å². The molecule has 0 aliphatic rings. The van der Waals surface area contributed by atoms with Crippen molar-refractivity contribution >= 4 is 11.6 Å². The Balaban J connectivity index is 2.99. The quantitative estimate of drug-likeness (QED) is 0.810. The zero-order chi connectivity index (χ0) is 14.5. The van der Waals surface area contributed by atoms with Crippen molar-refractivity contribution < 1.29 is 19.7 Å². The summed E-state index contributed by atoms with van der Waals surface area (Å²) in [4.78, 5) is 0. The molecule has 2 N–H and O–H groups in total. The van der Waals surface area contributed by atoms with Crippen molar-refractivity contribution in [3.05, 3.63) is 22.7 Å². The summed E-state index contributed by atoms with van der Waals surface area (Å²) in [7, 11) is 1.51. The molecule has 0 unspecified atom stereocenters. The van der Waals surface area contributed by atoms with Gasteiger partial charge in [0.15, 0.2) is 11.5 Å². The second-order valence-corrected chi connectivity index (χ2v) is 4.91. The molecule has 0 heterocycles. The molecule has 0 radical (unpaired) electrons. The van der Waals surface area contributed by atoms with Crippen molar-refractivity contribution in [2.24, 2.45) is 0 Å². The summed E-state index contributed by atoms with van der Waals surface area (Å²) in [5.41, 5.74) is -0.337. The maximum absolute atomic E-state index is 10.2. The number of benzene rings is 1. The van der Waals surface area contributed by atoms with E-state index >= 15 is 0 Å². The molecule has 0 spiro atoms. The van der Waals surface area contributed by atoms with Crippen molar-refractivity contribution in [2.75, 3.05) is 13.7 Å². The normalized spacial score (nSPS) is 11.5. The van der Waals surface area contributed by atoms with Crippen LogP contribution in [0, 0.1) is 0 Å². The average Bonchev–Trinajstić information content (AvgIpc) is 2.44. The van der Waals surface area contributed by atoms with Crippen molar-refractivity contribution in [3.63, 3.8) is 0 Å². The molecule has 0 aliphatic carbocycles. The number of rotatable bonds is 7. The molecule has 108 valence electrons. The van der Waals surface area contributed by atoms with Crippen molar-refractivity contribution in [3.8, 4) is 11.5 Å². The second kappa shape index (κ2) is 6.98. The predicted molar refractivity (Wildman–Crippen MR) is 75.0 cm³/mol. The third kappa shape index (κ3) is 4.00. The highest BCUT2D eigenvalue weighted by molar-refractivity contribution is 6.30. The lowest BCUT2D eigenvalue weighted by molar-refractivity contribution is -0.0124. The van der Waals surface area contributed by atoms with E-state index in [-0.39, 0.29) is 13.2 Å². The molecule has 1 rings (SSSR count). The van der Waals surface area contributed by atoms with E-state index in [2.05, 4.69) is 0 Å². The van der Waals surface area contributed by atoms with Crippen LogP contribution in [0.1, 0.15) is 32.3 Å². The van der Waals surface area contributed by atoms with Crippen LogP contribution in [-0.2, 0) is 6.61 Å². The fraction of sp³-hybridized carbons (Fsp3) is 0.571. The largest absolute Gasteiger partial charge is 0.493 e. The van der Waals surface area contributed by atoms with Crippen LogP contribution in [0.15, 0.2) is 12.1 Å². The lowest BCUT2D eigenvalue weighted by Crippen LogP contribution is -2.34. The Morgan fingerprint density at radius 3 is 2.37 bits per heavy atom. The molecular weight excluding hydrogens is 268 g/mol. The number of aliphatic hydroxyl groups excluding tert-OH is 1. The summed E-state index contributed by atoms with van der Waals surface area (Å²) in [6.07, 6.45) is 1.18. The fourth-order valence-electron chi connectivity index (χ4n) is 1.72. The van der Waals surface area contributed by atoms with Gasteiger partial charge in [-0.05, 0) is 18.9 Å². The molecule has 0 fully saturated rings. The molecule has 4 nitrogen and oxygen atoms in total. The number of methoxy groups -OCH3 is 1. The number of hydrogen-bond donors (Lipinski definition) is 2. The van der Waals surface area contributed by atoms with Crippen molar-refractivity contribution in [1.82, 2.24) is 0 Å². The summed E-state index contributed by atoms with van der Waals surface area (Å²) in [5, 5.41) is 20.0. The molecule has 0 aromatic heterocycles. The molecule has 0 aliphatic heterocycles. The molecular formula is C14H21ClO4. The summed E-state index contributed by atoms with van der Waals surface area (Å²) in [5.74, 6) is 0.876. The Bertz CT molecular complexity index is 391. The summed E-state index contributed by atoms with van der Waals surface area (Å²) in [6, 6.07) is 3.24. The van der Waals surface area contributed by atoms with Gasteiger partial charge in [-0.1, -0.05) is 25.4 Å². The molecule has 0 bridgehead atoms. The molecule has 19 heavy (non-hydrogen) atoms. The second-order valence-electron chi connectivity index (χ2n) is 4.47. The summed E-state index contributed by atoms with van der Waals surface area (Å²) < 4.78 is 10.9. The Hall–Kier alpha value is -0.970. The van der Waals surface area contributed by atoms with Gasteiger partial charge < -0.3 is 19.7 Å². The van der Waals surface area contributed by atoms with Gasteiger partial charge in [-0.25, -0.2) is 0 Å². The van der Waals surface area contributed by atoms with Crippen LogP contribution in [0.3, 0.4) is 0 Å². The minimum Gasteiger partial charge on any atom is -0.493 e. The maximum Gasteiger partial charge on any atom is 0.166 e. The number of aliphatic hydroxyl groups is 2. The van der Waals surface area contributed by atoms with Crippen LogP contribution in [-0.4, -0.2) is 29.5 Å². The van der Waals surface area contributed by atoms with Crippen molar-refractivity contribution in [2.45, 2.75) is 38.9 Å². The molecule has 0 amide bonds. The average molecular weight is 289 g/mol. The number of hydrogen-bond acceptors (Lipinski definition) is 4. The van der Waals surface area contributed by atoms with Gasteiger partial charge in [-0.2, -0.15) is 0 Å². The van der Waals surface area contributed by atoms with Crippen LogP contribution < -0.4 is 9.47 Å². The minimum atomic E-state index is -0.878. The minimum absolute atomic E-state index is 0.144. The van der Waals surface area contributed by atoms with E-state index in [1.165, 1.54) is 7.11 Å². The highest BCUT2D eigenvalue weighted by atomic mass is 35.5. The van der Waals surface area contributed by atoms with Gasteiger partial charge in [-0.3, -0.25) is 0 Å². The van der Waals surface area contributed by atoms with E-state index in [1.807, 2.05) is 13.8 Å². The first-order valence-electron chi connectivity index (χ1n) is 6.32. The Morgan fingerprint density at radius 2 is 1.89 bits per heavy atom. The zero-order valence-corrected chi connectivity index (χ0v) is 12.3. The highest BCUT2D eigenvalue weighted by Gasteiger charge is 2.24.